The van der Waals surface area contributed by atoms with Crippen LogP contribution in [0.2, 0.25) is 25.3 Å². The summed E-state index contributed by atoms with van der Waals surface area (Å²) in [5.74, 6) is 0. The minimum Gasteiger partial charge on any atom is -0.326 e. The van der Waals surface area contributed by atoms with Gasteiger partial charge in [0.05, 0.1) is 0 Å². The zero-order valence-electron chi connectivity index (χ0n) is 8.78. The Labute approximate surface area is 79.1 Å². The van der Waals surface area contributed by atoms with Gasteiger partial charge >= 0.3 is 0 Å². The first-order valence-electron chi connectivity index (χ1n) is 4.80. The van der Waals surface area contributed by atoms with Gasteiger partial charge in [-0.1, -0.05) is 13.1 Å². The third-order valence-corrected chi connectivity index (χ3v) is 11.2. The SMILES string of the molecule is CN1CCCN[Si]1(C)C[Si](C)C. The summed E-state index contributed by atoms with van der Waals surface area (Å²) in [6, 6.07) is 0. The lowest BCUT2D eigenvalue weighted by atomic mass is 10.4. The van der Waals surface area contributed by atoms with Crippen LogP contribution in [0.4, 0.5) is 0 Å². The minimum absolute atomic E-state index is 0.0664. The van der Waals surface area contributed by atoms with E-state index < -0.39 is 8.40 Å². The van der Waals surface area contributed by atoms with Gasteiger partial charge in [-0.2, -0.15) is 0 Å². The van der Waals surface area contributed by atoms with E-state index in [0.717, 1.165) is 0 Å². The van der Waals surface area contributed by atoms with Gasteiger partial charge in [-0.3, -0.25) is 0 Å². The molecule has 4 heteroatoms. The van der Waals surface area contributed by atoms with Gasteiger partial charge in [-0.05, 0) is 38.8 Å². The number of hydrogen-bond donors (Lipinski definition) is 1. The van der Waals surface area contributed by atoms with E-state index in [-0.39, 0.29) is 8.80 Å². The molecule has 12 heavy (non-hydrogen) atoms. The molecule has 1 fully saturated rings. The molecule has 0 aromatic heterocycles. The Kier molecular flexibility index (Phi) is 3.51. The summed E-state index contributed by atoms with van der Waals surface area (Å²) in [5, 5.41) is 0. The number of hydrogen-bond acceptors (Lipinski definition) is 2. The van der Waals surface area contributed by atoms with E-state index >= 15 is 0 Å². The highest BCUT2D eigenvalue weighted by molar-refractivity contribution is 6.85. The second kappa shape index (κ2) is 4.04. The van der Waals surface area contributed by atoms with Crippen molar-refractivity contribution < 1.29 is 0 Å². The molecule has 1 atom stereocenters. The molecule has 1 aliphatic heterocycles. The lowest BCUT2D eigenvalue weighted by molar-refractivity contribution is 0.436. The van der Waals surface area contributed by atoms with Crippen molar-refractivity contribution in [3.63, 3.8) is 0 Å². The molecule has 0 amide bonds. The molecule has 0 bridgehead atoms. The number of rotatable bonds is 2. The summed E-state index contributed by atoms with van der Waals surface area (Å²) < 4.78 is 2.61. The summed E-state index contributed by atoms with van der Waals surface area (Å²) in [7, 11) is 1.05. The quantitative estimate of drug-likeness (QED) is 0.677. The molecule has 0 aliphatic carbocycles. The molecule has 71 valence electrons. The van der Waals surface area contributed by atoms with E-state index in [9.17, 15) is 0 Å². The maximum absolute atomic E-state index is 3.77. The Bertz CT molecular complexity index is 152. The summed E-state index contributed by atoms with van der Waals surface area (Å²) in [4.78, 5) is 3.77. The van der Waals surface area contributed by atoms with Gasteiger partial charge in [0.25, 0.3) is 0 Å². The highest BCUT2D eigenvalue weighted by atomic mass is 28.4. The van der Waals surface area contributed by atoms with Crippen molar-refractivity contribution in [2.45, 2.75) is 31.7 Å². The fourth-order valence-corrected chi connectivity index (χ4v) is 10.7. The van der Waals surface area contributed by atoms with E-state index in [0.29, 0.717) is 0 Å². The maximum Gasteiger partial charge on any atom is 0.197 e. The first kappa shape index (κ1) is 10.4. The van der Waals surface area contributed by atoms with Gasteiger partial charge < -0.3 is 9.55 Å². The highest BCUT2D eigenvalue weighted by Gasteiger charge is 2.35. The van der Waals surface area contributed by atoms with Gasteiger partial charge in [0.2, 0.25) is 0 Å². The molecule has 0 saturated carbocycles. The maximum atomic E-state index is 3.77. The van der Waals surface area contributed by atoms with Crippen molar-refractivity contribution in [3.8, 4) is 0 Å². The van der Waals surface area contributed by atoms with Gasteiger partial charge in [0.15, 0.2) is 8.40 Å². The largest absolute Gasteiger partial charge is 0.326 e. The molecule has 1 rings (SSSR count). The van der Waals surface area contributed by atoms with E-state index in [1.165, 1.54) is 25.2 Å². The smallest absolute Gasteiger partial charge is 0.197 e. The van der Waals surface area contributed by atoms with Gasteiger partial charge in [-0.15, -0.1) is 0 Å². The second-order valence-corrected chi connectivity index (χ2v) is 11.9. The van der Waals surface area contributed by atoms with Crippen LogP contribution in [0.25, 0.3) is 0 Å². The topological polar surface area (TPSA) is 15.3 Å². The molecule has 1 N–H and O–H groups in total. The van der Waals surface area contributed by atoms with Crippen LogP contribution < -0.4 is 4.98 Å². The first-order valence-corrected chi connectivity index (χ1v) is 10.2. The zero-order chi connectivity index (χ0) is 9.19. The number of nitrogens with zero attached hydrogens (tertiary/aromatic N) is 1. The summed E-state index contributed by atoms with van der Waals surface area (Å²) in [6.45, 7) is 9.89. The molecule has 0 aromatic rings. The van der Waals surface area contributed by atoms with Crippen molar-refractivity contribution in [2.75, 3.05) is 20.1 Å². The summed E-state index contributed by atoms with van der Waals surface area (Å²) >= 11 is 0. The van der Waals surface area contributed by atoms with Crippen LogP contribution in [0.1, 0.15) is 6.42 Å². The van der Waals surface area contributed by atoms with E-state index in [1.807, 2.05) is 0 Å². The lowest BCUT2D eigenvalue weighted by Gasteiger charge is -2.42. The van der Waals surface area contributed by atoms with E-state index in [4.69, 9.17) is 0 Å². The van der Waals surface area contributed by atoms with E-state index in [2.05, 4.69) is 36.2 Å². The predicted octanol–water partition coefficient (Wildman–Crippen LogP) is 1.28. The average molecular weight is 201 g/mol. The average Bonchev–Trinajstić information content (AvgIpc) is 1.94. The van der Waals surface area contributed by atoms with Crippen molar-refractivity contribution >= 4 is 17.2 Å². The summed E-state index contributed by atoms with van der Waals surface area (Å²) in [5.41, 5.74) is 1.48. The molecular weight excluding hydrogens is 180 g/mol. The van der Waals surface area contributed by atoms with Crippen LogP contribution >= 0.6 is 0 Å². The third kappa shape index (κ3) is 2.42. The van der Waals surface area contributed by atoms with E-state index in [1.54, 1.807) is 0 Å². The molecule has 1 radical (unpaired) electrons. The van der Waals surface area contributed by atoms with Crippen LogP contribution in [-0.2, 0) is 0 Å². The van der Waals surface area contributed by atoms with Crippen LogP contribution in [0.15, 0.2) is 0 Å². The Hall–Kier alpha value is 0.354. The number of nitrogens with one attached hydrogen (secondary N) is 1. The molecular formula is C8H21N2Si2. The Balaban J connectivity index is 2.53. The lowest BCUT2D eigenvalue weighted by Crippen LogP contribution is -2.65. The standard InChI is InChI=1S/C8H21N2Si2/c1-10-7-5-6-9-12(10,4)8-11(2)3/h9H,5-8H2,1-4H3. The van der Waals surface area contributed by atoms with Crippen molar-refractivity contribution in [1.29, 1.82) is 0 Å². The molecule has 1 saturated heterocycles. The fraction of sp³-hybridized carbons (Fsp3) is 1.00. The third-order valence-electron chi connectivity index (χ3n) is 2.72. The van der Waals surface area contributed by atoms with Crippen LogP contribution in [-0.4, -0.2) is 41.9 Å². The van der Waals surface area contributed by atoms with Gasteiger partial charge in [-0.25, -0.2) is 0 Å². The molecule has 1 heterocycles. The minimum atomic E-state index is -1.17. The van der Waals surface area contributed by atoms with Crippen molar-refractivity contribution in [3.05, 3.63) is 0 Å². The first-order chi connectivity index (χ1) is 5.54. The molecule has 1 aliphatic rings. The van der Waals surface area contributed by atoms with Gasteiger partial charge in [0.1, 0.15) is 0 Å². The second-order valence-electron chi connectivity index (χ2n) is 4.36. The van der Waals surface area contributed by atoms with Crippen LogP contribution in [0, 0.1) is 0 Å². The molecule has 1 unspecified atom stereocenters. The van der Waals surface area contributed by atoms with Crippen molar-refractivity contribution in [2.24, 2.45) is 0 Å². The highest BCUT2D eigenvalue weighted by Crippen LogP contribution is 2.16. The Morgan fingerprint density at radius 3 is 2.67 bits per heavy atom. The van der Waals surface area contributed by atoms with Gasteiger partial charge in [0, 0.05) is 8.80 Å². The van der Waals surface area contributed by atoms with Crippen LogP contribution in [0.3, 0.4) is 0 Å². The molecule has 0 spiro atoms. The Morgan fingerprint density at radius 1 is 1.50 bits per heavy atom. The molecule has 0 aromatic carbocycles. The monoisotopic (exact) mass is 201 g/mol. The normalized spacial score (nSPS) is 32.8. The molecule has 2 nitrogen and oxygen atoms in total. The fourth-order valence-electron chi connectivity index (χ4n) is 1.94. The van der Waals surface area contributed by atoms with Crippen molar-refractivity contribution in [1.82, 2.24) is 9.55 Å². The van der Waals surface area contributed by atoms with Crippen LogP contribution in [0.5, 0.6) is 0 Å². The predicted molar refractivity (Wildman–Crippen MR) is 59.2 cm³/mol. The Morgan fingerprint density at radius 2 is 2.17 bits per heavy atom. The zero-order valence-corrected chi connectivity index (χ0v) is 10.8. The summed E-state index contributed by atoms with van der Waals surface area (Å²) in [6.07, 6.45) is 1.33.